The van der Waals surface area contributed by atoms with Gasteiger partial charge in [0.15, 0.2) is 0 Å². The minimum atomic E-state index is -0.739. The number of rotatable bonds is 7. The molecule has 0 saturated heterocycles. The smallest absolute Gasteiger partial charge is 0.306 e. The lowest BCUT2D eigenvalue weighted by Crippen LogP contribution is -2.14. The molecule has 0 aliphatic heterocycles. The predicted octanol–water partition coefficient (Wildman–Crippen LogP) is 2.31. The van der Waals surface area contributed by atoms with Crippen LogP contribution in [0.4, 0.5) is 0 Å². The summed E-state index contributed by atoms with van der Waals surface area (Å²) < 4.78 is 9.55. The van der Waals surface area contributed by atoms with Crippen molar-refractivity contribution in [1.29, 1.82) is 0 Å². The van der Waals surface area contributed by atoms with Crippen LogP contribution in [0.5, 0.6) is 0 Å². The van der Waals surface area contributed by atoms with Crippen molar-refractivity contribution in [1.82, 2.24) is 0 Å². The minimum Gasteiger partial charge on any atom is -0.465 e. The van der Waals surface area contributed by atoms with Crippen molar-refractivity contribution >= 4 is 35.1 Å². The van der Waals surface area contributed by atoms with E-state index in [2.05, 4.69) is 4.74 Å². The Morgan fingerprint density at radius 3 is 1.81 bits per heavy atom. The van der Waals surface area contributed by atoms with Gasteiger partial charge in [0.1, 0.15) is 11.4 Å². The van der Waals surface area contributed by atoms with Crippen molar-refractivity contribution in [2.24, 2.45) is 5.92 Å². The molecular weight excluding hydrogens is 255 g/mol. The summed E-state index contributed by atoms with van der Waals surface area (Å²) in [7, 11) is 0. The third kappa shape index (κ3) is 10.1. The molecule has 0 atom stereocenters. The van der Waals surface area contributed by atoms with Gasteiger partial charge in [0, 0.05) is 0 Å². The van der Waals surface area contributed by atoms with Crippen LogP contribution in [0.25, 0.3) is 0 Å². The van der Waals surface area contributed by atoms with Gasteiger partial charge in [-0.15, -0.1) is 23.2 Å². The number of hydrogen-bond donors (Lipinski definition) is 0. The van der Waals surface area contributed by atoms with E-state index in [-0.39, 0.29) is 25.4 Å². The van der Waals surface area contributed by atoms with Crippen LogP contribution in [0.2, 0.25) is 0 Å². The highest BCUT2D eigenvalue weighted by atomic mass is 35.5. The molecule has 6 heteroatoms. The quantitative estimate of drug-likeness (QED) is 0.526. The molecule has 0 amide bonds. The number of carbonyl (C=O) groups is 2. The average molecular weight is 271 g/mol. The Hall–Kier alpha value is -0.480. The van der Waals surface area contributed by atoms with Crippen molar-refractivity contribution in [2.75, 3.05) is 13.2 Å². The summed E-state index contributed by atoms with van der Waals surface area (Å²) in [5.41, 5.74) is 0. The summed E-state index contributed by atoms with van der Waals surface area (Å²) in [6, 6.07) is 0. The highest BCUT2D eigenvalue weighted by Crippen LogP contribution is 2.04. The number of esters is 2. The molecule has 0 unspecified atom stereocenters. The first-order valence-electron chi connectivity index (χ1n) is 5.01. The van der Waals surface area contributed by atoms with Gasteiger partial charge in [0.05, 0.1) is 19.4 Å². The van der Waals surface area contributed by atoms with Crippen LogP contribution >= 0.6 is 23.2 Å². The van der Waals surface area contributed by atoms with Gasteiger partial charge < -0.3 is 9.47 Å². The molecule has 0 aromatic rings. The second-order valence-electron chi connectivity index (χ2n) is 3.65. The Balaban J connectivity index is 3.55. The van der Waals surface area contributed by atoms with Crippen molar-refractivity contribution in [3.8, 4) is 0 Å². The molecule has 0 fully saturated rings. The summed E-state index contributed by atoms with van der Waals surface area (Å²) in [5.74, 6) is -0.629. The van der Waals surface area contributed by atoms with Gasteiger partial charge in [0.2, 0.25) is 0 Å². The number of alkyl halides is 2. The van der Waals surface area contributed by atoms with Crippen molar-refractivity contribution in [2.45, 2.75) is 31.5 Å². The summed E-state index contributed by atoms with van der Waals surface area (Å²) in [5, 5.41) is 0. The zero-order valence-electron chi connectivity index (χ0n) is 9.37. The molecule has 0 N–H and O–H groups in total. The molecule has 0 aliphatic carbocycles. The van der Waals surface area contributed by atoms with Gasteiger partial charge in [0.25, 0.3) is 0 Å². The summed E-state index contributed by atoms with van der Waals surface area (Å²) in [6.07, 6.45) is -0.00177. The van der Waals surface area contributed by atoms with Gasteiger partial charge in [-0.3, -0.25) is 9.59 Å². The first kappa shape index (κ1) is 15.5. The van der Waals surface area contributed by atoms with Gasteiger partial charge in [-0.1, -0.05) is 13.8 Å². The standard InChI is InChI=1S/C10H16Cl2O4/c1-7(2)5-15-9(13)3-4-10(14)16-6-8(11)12/h7-8H,3-6H2,1-2H3. The molecule has 0 radical (unpaired) electrons. The van der Waals surface area contributed by atoms with Crippen LogP contribution in [0, 0.1) is 5.92 Å². The van der Waals surface area contributed by atoms with Gasteiger partial charge in [-0.25, -0.2) is 0 Å². The van der Waals surface area contributed by atoms with Crippen molar-refractivity contribution < 1.29 is 19.1 Å². The van der Waals surface area contributed by atoms with E-state index in [0.29, 0.717) is 6.61 Å². The molecule has 94 valence electrons. The first-order valence-corrected chi connectivity index (χ1v) is 5.88. The zero-order chi connectivity index (χ0) is 12.6. The lowest BCUT2D eigenvalue weighted by Gasteiger charge is -2.07. The van der Waals surface area contributed by atoms with E-state index in [1.807, 2.05) is 13.8 Å². The third-order valence-electron chi connectivity index (χ3n) is 1.48. The van der Waals surface area contributed by atoms with E-state index in [4.69, 9.17) is 27.9 Å². The van der Waals surface area contributed by atoms with Crippen LogP contribution < -0.4 is 0 Å². The van der Waals surface area contributed by atoms with Crippen LogP contribution in [0.15, 0.2) is 0 Å². The summed E-state index contributed by atoms with van der Waals surface area (Å²) in [4.78, 5) is 21.4. The van der Waals surface area contributed by atoms with Crippen LogP contribution in [0.1, 0.15) is 26.7 Å². The molecule has 0 rings (SSSR count). The Labute approximate surface area is 105 Å². The SMILES string of the molecule is CC(C)COC(=O)CCC(=O)OCC(Cl)Cl. The fraction of sp³-hybridized carbons (Fsp3) is 0.800. The second kappa shape index (κ2) is 8.65. The monoisotopic (exact) mass is 270 g/mol. The number of hydrogen-bond acceptors (Lipinski definition) is 4. The molecule has 0 heterocycles. The lowest BCUT2D eigenvalue weighted by atomic mass is 10.2. The largest absolute Gasteiger partial charge is 0.465 e. The Morgan fingerprint density at radius 2 is 1.44 bits per heavy atom. The van der Waals surface area contributed by atoms with Gasteiger partial charge >= 0.3 is 11.9 Å². The van der Waals surface area contributed by atoms with E-state index in [0.717, 1.165) is 0 Å². The molecule has 0 aromatic carbocycles. The zero-order valence-corrected chi connectivity index (χ0v) is 10.9. The maximum atomic E-state index is 11.1. The van der Waals surface area contributed by atoms with E-state index >= 15 is 0 Å². The summed E-state index contributed by atoms with van der Waals surface area (Å²) in [6.45, 7) is 4.16. The summed E-state index contributed by atoms with van der Waals surface area (Å²) >= 11 is 10.7. The van der Waals surface area contributed by atoms with Gasteiger partial charge in [-0.2, -0.15) is 0 Å². The molecule has 0 saturated carbocycles. The highest BCUT2D eigenvalue weighted by Gasteiger charge is 2.10. The Kier molecular flexibility index (Phi) is 8.39. The Morgan fingerprint density at radius 1 is 1.00 bits per heavy atom. The maximum absolute atomic E-state index is 11.1. The molecule has 0 spiro atoms. The van der Waals surface area contributed by atoms with Gasteiger partial charge in [-0.05, 0) is 5.92 Å². The van der Waals surface area contributed by atoms with Crippen LogP contribution in [0.3, 0.4) is 0 Å². The fourth-order valence-electron chi connectivity index (χ4n) is 0.764. The number of ether oxygens (including phenoxy) is 2. The second-order valence-corrected chi connectivity index (χ2v) is 4.93. The van der Waals surface area contributed by atoms with E-state index < -0.39 is 16.8 Å². The third-order valence-corrected chi connectivity index (χ3v) is 1.73. The average Bonchev–Trinajstić information content (AvgIpc) is 2.20. The maximum Gasteiger partial charge on any atom is 0.306 e. The van der Waals surface area contributed by atoms with Crippen molar-refractivity contribution in [3.05, 3.63) is 0 Å². The topological polar surface area (TPSA) is 52.6 Å². The van der Waals surface area contributed by atoms with E-state index in [1.165, 1.54) is 0 Å². The number of halogens is 2. The molecule has 16 heavy (non-hydrogen) atoms. The predicted molar refractivity (Wildman–Crippen MR) is 61.5 cm³/mol. The fourth-order valence-corrected chi connectivity index (χ4v) is 0.890. The molecule has 0 aromatic heterocycles. The van der Waals surface area contributed by atoms with Crippen molar-refractivity contribution in [3.63, 3.8) is 0 Å². The molecule has 0 bridgehead atoms. The number of carbonyl (C=O) groups excluding carboxylic acids is 2. The first-order chi connectivity index (χ1) is 7.41. The lowest BCUT2D eigenvalue weighted by molar-refractivity contribution is -0.150. The highest BCUT2D eigenvalue weighted by molar-refractivity contribution is 6.44. The van der Waals surface area contributed by atoms with E-state index in [1.54, 1.807) is 0 Å². The van der Waals surface area contributed by atoms with Crippen LogP contribution in [-0.4, -0.2) is 30.0 Å². The molecule has 0 aliphatic rings. The van der Waals surface area contributed by atoms with Crippen LogP contribution in [-0.2, 0) is 19.1 Å². The molecule has 4 nitrogen and oxygen atoms in total. The minimum absolute atomic E-state index is 0.0147. The molecular formula is C10H16Cl2O4. The normalized spacial score (nSPS) is 10.6. The Bertz CT molecular complexity index is 205. The van der Waals surface area contributed by atoms with E-state index in [9.17, 15) is 9.59 Å².